The third-order valence-electron chi connectivity index (χ3n) is 4.56. The van der Waals surface area contributed by atoms with Crippen LogP contribution >= 0.6 is 0 Å². The summed E-state index contributed by atoms with van der Waals surface area (Å²) in [5, 5.41) is 7.31. The van der Waals surface area contributed by atoms with E-state index in [0.29, 0.717) is 24.5 Å². The second-order valence-corrected chi connectivity index (χ2v) is 8.03. The average Bonchev–Trinajstić information content (AvgIpc) is 2.79. The Kier molecular flexibility index (Phi) is 5.67. The molecular weight excluding hydrogens is 330 g/mol. The zero-order valence-electron chi connectivity index (χ0n) is 15.0. The first-order valence-corrected chi connectivity index (χ1v) is 9.64. The van der Waals surface area contributed by atoms with Gasteiger partial charge in [0, 0.05) is 26.2 Å². The molecule has 1 fully saturated rings. The summed E-state index contributed by atoms with van der Waals surface area (Å²) in [6.07, 6.45) is 1.94. The summed E-state index contributed by atoms with van der Waals surface area (Å²) in [6, 6.07) is -0.557. The summed E-state index contributed by atoms with van der Waals surface area (Å²) in [6.45, 7) is 6.20. The molecule has 0 spiro atoms. The van der Waals surface area contributed by atoms with Crippen LogP contribution in [0.2, 0.25) is 0 Å². The molecule has 0 saturated carbocycles. The van der Waals surface area contributed by atoms with E-state index in [4.69, 9.17) is 0 Å². The molecule has 1 aliphatic rings. The SMILES string of the molecule is CNC1CCCN(C(=O)C(C)NS(=O)(=O)c2c(C)nn(C)c2C)C1. The van der Waals surface area contributed by atoms with Gasteiger partial charge in [0.2, 0.25) is 15.9 Å². The minimum Gasteiger partial charge on any atom is -0.340 e. The monoisotopic (exact) mass is 357 g/mol. The van der Waals surface area contributed by atoms with Crippen molar-refractivity contribution in [3.05, 3.63) is 11.4 Å². The molecule has 1 amide bonds. The van der Waals surface area contributed by atoms with E-state index >= 15 is 0 Å². The second-order valence-electron chi connectivity index (χ2n) is 6.38. The van der Waals surface area contributed by atoms with E-state index < -0.39 is 16.1 Å². The van der Waals surface area contributed by atoms with Crippen LogP contribution in [0.4, 0.5) is 0 Å². The van der Waals surface area contributed by atoms with E-state index in [-0.39, 0.29) is 16.8 Å². The van der Waals surface area contributed by atoms with Crippen molar-refractivity contribution >= 4 is 15.9 Å². The zero-order valence-corrected chi connectivity index (χ0v) is 15.8. The van der Waals surface area contributed by atoms with Gasteiger partial charge in [-0.25, -0.2) is 8.42 Å². The highest BCUT2D eigenvalue weighted by atomic mass is 32.2. The number of aryl methyl sites for hydroxylation is 2. The fraction of sp³-hybridized carbons (Fsp3) is 0.733. The number of nitrogens with one attached hydrogen (secondary N) is 2. The predicted molar refractivity (Wildman–Crippen MR) is 91.1 cm³/mol. The van der Waals surface area contributed by atoms with Crippen LogP contribution in [0.25, 0.3) is 0 Å². The lowest BCUT2D eigenvalue weighted by Gasteiger charge is -2.34. The Bertz CT molecular complexity index is 713. The summed E-state index contributed by atoms with van der Waals surface area (Å²) in [7, 11) is -0.230. The van der Waals surface area contributed by atoms with Crippen molar-refractivity contribution in [2.24, 2.45) is 7.05 Å². The van der Waals surface area contributed by atoms with Gasteiger partial charge in [0.1, 0.15) is 4.90 Å². The molecule has 136 valence electrons. The minimum atomic E-state index is -3.80. The molecule has 2 unspecified atom stereocenters. The Labute approximate surface area is 143 Å². The molecule has 0 aromatic carbocycles. The lowest BCUT2D eigenvalue weighted by atomic mass is 10.1. The van der Waals surface area contributed by atoms with Crippen molar-refractivity contribution in [2.75, 3.05) is 20.1 Å². The van der Waals surface area contributed by atoms with Gasteiger partial charge in [-0.3, -0.25) is 9.48 Å². The smallest absolute Gasteiger partial charge is 0.244 e. The first-order valence-electron chi connectivity index (χ1n) is 8.16. The molecule has 2 N–H and O–H groups in total. The topological polar surface area (TPSA) is 96.3 Å². The quantitative estimate of drug-likeness (QED) is 0.768. The highest BCUT2D eigenvalue weighted by molar-refractivity contribution is 7.89. The number of amides is 1. The van der Waals surface area contributed by atoms with Crippen LogP contribution in [0.3, 0.4) is 0 Å². The van der Waals surface area contributed by atoms with E-state index in [9.17, 15) is 13.2 Å². The van der Waals surface area contributed by atoms with Gasteiger partial charge in [-0.05, 0) is 40.7 Å². The van der Waals surface area contributed by atoms with Crippen LogP contribution in [-0.4, -0.2) is 61.2 Å². The van der Waals surface area contributed by atoms with Gasteiger partial charge < -0.3 is 10.2 Å². The molecule has 8 nitrogen and oxygen atoms in total. The van der Waals surface area contributed by atoms with Crippen molar-refractivity contribution in [1.82, 2.24) is 24.7 Å². The van der Waals surface area contributed by atoms with Gasteiger partial charge in [-0.15, -0.1) is 0 Å². The summed E-state index contributed by atoms with van der Waals surface area (Å²) < 4.78 is 29.3. The van der Waals surface area contributed by atoms with Crippen molar-refractivity contribution in [3.8, 4) is 0 Å². The predicted octanol–water partition coefficient (Wildman–Crippen LogP) is -0.0859. The number of rotatable bonds is 5. The van der Waals surface area contributed by atoms with E-state index in [1.54, 1.807) is 32.7 Å². The Balaban J connectivity index is 2.13. The Morgan fingerprint density at radius 1 is 1.38 bits per heavy atom. The molecule has 0 aliphatic carbocycles. The number of piperidine rings is 1. The number of hydrogen-bond acceptors (Lipinski definition) is 5. The summed E-state index contributed by atoms with van der Waals surface area (Å²) >= 11 is 0. The summed E-state index contributed by atoms with van der Waals surface area (Å²) in [5.74, 6) is -0.197. The van der Waals surface area contributed by atoms with Crippen LogP contribution in [0, 0.1) is 13.8 Å². The van der Waals surface area contributed by atoms with E-state index in [2.05, 4.69) is 15.1 Å². The van der Waals surface area contributed by atoms with Crippen molar-refractivity contribution in [1.29, 1.82) is 0 Å². The maximum atomic E-state index is 12.7. The molecule has 1 aliphatic heterocycles. The fourth-order valence-corrected chi connectivity index (χ4v) is 4.81. The minimum absolute atomic E-state index is 0.149. The number of sulfonamides is 1. The standard InChI is InChI=1S/C15H27N5O3S/c1-10-14(12(3)19(5)17-10)24(22,23)18-11(2)15(21)20-8-6-7-13(9-20)16-4/h11,13,16,18H,6-9H2,1-5H3. The number of carbonyl (C=O) groups excluding carboxylic acids is 1. The Morgan fingerprint density at radius 2 is 2.04 bits per heavy atom. The molecule has 1 aromatic rings. The number of carbonyl (C=O) groups is 1. The largest absolute Gasteiger partial charge is 0.340 e. The highest BCUT2D eigenvalue weighted by Crippen LogP contribution is 2.19. The number of hydrogen-bond donors (Lipinski definition) is 2. The van der Waals surface area contributed by atoms with Crippen LogP contribution in [-0.2, 0) is 21.9 Å². The van der Waals surface area contributed by atoms with E-state index in [1.807, 2.05) is 7.05 Å². The van der Waals surface area contributed by atoms with Crippen LogP contribution in [0.5, 0.6) is 0 Å². The molecule has 24 heavy (non-hydrogen) atoms. The lowest BCUT2D eigenvalue weighted by Crippen LogP contribution is -2.53. The van der Waals surface area contributed by atoms with Crippen molar-refractivity contribution < 1.29 is 13.2 Å². The van der Waals surface area contributed by atoms with Crippen molar-refractivity contribution in [3.63, 3.8) is 0 Å². The molecular formula is C15H27N5O3S. The third kappa shape index (κ3) is 3.79. The highest BCUT2D eigenvalue weighted by Gasteiger charge is 2.31. The van der Waals surface area contributed by atoms with Gasteiger partial charge in [0.05, 0.1) is 17.4 Å². The molecule has 1 saturated heterocycles. The third-order valence-corrected chi connectivity index (χ3v) is 6.35. The number of nitrogens with zero attached hydrogens (tertiary/aromatic N) is 3. The molecule has 1 aromatic heterocycles. The molecule has 2 atom stereocenters. The van der Waals surface area contributed by atoms with Crippen LogP contribution in [0.15, 0.2) is 4.90 Å². The number of likely N-dealkylation sites (N-methyl/N-ethyl adjacent to an activating group) is 1. The van der Waals surface area contributed by atoms with E-state index in [1.165, 1.54) is 4.68 Å². The molecule has 9 heteroatoms. The van der Waals surface area contributed by atoms with Gasteiger partial charge in [-0.1, -0.05) is 0 Å². The zero-order chi connectivity index (χ0) is 18.1. The van der Waals surface area contributed by atoms with Gasteiger partial charge in [0.25, 0.3) is 0 Å². The average molecular weight is 357 g/mol. The number of likely N-dealkylation sites (tertiary alicyclic amines) is 1. The van der Waals surface area contributed by atoms with Crippen molar-refractivity contribution in [2.45, 2.75) is 50.6 Å². The summed E-state index contributed by atoms with van der Waals surface area (Å²) in [4.78, 5) is 14.5. The lowest BCUT2D eigenvalue weighted by molar-refractivity contribution is -0.133. The van der Waals surface area contributed by atoms with Crippen LogP contribution < -0.4 is 10.0 Å². The van der Waals surface area contributed by atoms with Gasteiger partial charge in [-0.2, -0.15) is 9.82 Å². The first kappa shape index (κ1) is 18.9. The first-order chi connectivity index (χ1) is 11.2. The molecule has 0 radical (unpaired) electrons. The fourth-order valence-electron chi connectivity index (χ4n) is 3.17. The van der Waals surface area contributed by atoms with Gasteiger partial charge in [0.15, 0.2) is 0 Å². The molecule has 2 rings (SSSR count). The second kappa shape index (κ2) is 7.20. The normalized spacial score (nSPS) is 20.2. The molecule has 2 heterocycles. The molecule has 0 bridgehead atoms. The summed E-state index contributed by atoms with van der Waals surface area (Å²) in [5.41, 5.74) is 0.975. The van der Waals surface area contributed by atoms with E-state index in [0.717, 1.165) is 12.8 Å². The maximum Gasteiger partial charge on any atom is 0.244 e. The Morgan fingerprint density at radius 3 is 2.58 bits per heavy atom. The van der Waals surface area contributed by atoms with Crippen LogP contribution in [0.1, 0.15) is 31.2 Å². The Hall–Kier alpha value is -1.45. The van der Waals surface area contributed by atoms with Gasteiger partial charge >= 0.3 is 0 Å². The maximum absolute atomic E-state index is 12.7. The number of aromatic nitrogens is 2.